The van der Waals surface area contributed by atoms with E-state index in [0.29, 0.717) is 10.9 Å². The van der Waals surface area contributed by atoms with Gasteiger partial charge in [-0.1, -0.05) is 0 Å². The van der Waals surface area contributed by atoms with E-state index in [4.69, 9.17) is 5.11 Å². The van der Waals surface area contributed by atoms with Gasteiger partial charge in [0, 0.05) is 9.85 Å². The van der Waals surface area contributed by atoms with Crippen molar-refractivity contribution in [2.24, 2.45) is 0 Å². The Morgan fingerprint density at radius 3 is 2.44 bits per heavy atom. The van der Waals surface area contributed by atoms with Crippen LogP contribution in [0.25, 0.3) is 0 Å². The lowest BCUT2D eigenvalue weighted by Gasteiger charge is -2.36. The number of aliphatic carboxylic acids is 1. The molecule has 0 bridgehead atoms. The van der Waals surface area contributed by atoms with Gasteiger partial charge >= 0.3 is 5.97 Å². The zero-order chi connectivity index (χ0) is 12.0. The van der Waals surface area contributed by atoms with Crippen molar-refractivity contribution >= 4 is 43.1 Å². The van der Waals surface area contributed by atoms with E-state index in [2.05, 4.69) is 15.9 Å². The number of rotatable bonds is 3. The molecule has 1 N–H and O–H groups in total. The number of carbonyl (C=O) groups is 1. The molecule has 1 aromatic rings. The third-order valence-electron chi connectivity index (χ3n) is 2.87. The average Bonchev–Trinajstić information content (AvgIpc) is 2.48. The second-order valence-electron chi connectivity index (χ2n) is 3.74. The van der Waals surface area contributed by atoms with Gasteiger partial charge in [-0.2, -0.15) is 0 Å². The Morgan fingerprint density at radius 2 is 2.12 bits per heavy atom. The molecule has 0 aliphatic heterocycles. The monoisotopic (exact) mass is 324 g/mol. The second kappa shape index (κ2) is 3.82. The van der Waals surface area contributed by atoms with Gasteiger partial charge in [0.05, 0.1) is 0 Å². The van der Waals surface area contributed by atoms with Crippen molar-refractivity contribution in [2.45, 2.75) is 28.2 Å². The molecule has 2 rings (SSSR count). The fraction of sp³-hybridized carbons (Fsp3) is 0.444. The van der Waals surface area contributed by atoms with Gasteiger partial charge in [-0.3, -0.25) is 4.79 Å². The lowest BCUT2D eigenvalue weighted by molar-refractivity contribution is -0.142. The Kier molecular flexibility index (Phi) is 2.88. The summed E-state index contributed by atoms with van der Waals surface area (Å²) in [6.45, 7) is 0. The molecule has 1 aromatic heterocycles. The molecule has 88 valence electrons. The first kappa shape index (κ1) is 12.1. The molecule has 1 heterocycles. The Labute approximate surface area is 105 Å². The van der Waals surface area contributed by atoms with Crippen LogP contribution in [-0.4, -0.2) is 24.2 Å². The van der Waals surface area contributed by atoms with Gasteiger partial charge in [-0.25, -0.2) is 8.42 Å². The van der Waals surface area contributed by atoms with E-state index in [1.165, 1.54) is 6.07 Å². The van der Waals surface area contributed by atoms with Crippen molar-refractivity contribution in [3.8, 4) is 0 Å². The van der Waals surface area contributed by atoms with Crippen LogP contribution in [0.15, 0.2) is 20.1 Å². The largest absolute Gasteiger partial charge is 0.480 e. The molecule has 16 heavy (non-hydrogen) atoms. The van der Waals surface area contributed by atoms with E-state index in [1.54, 1.807) is 5.38 Å². The topological polar surface area (TPSA) is 71.4 Å². The number of thiophene rings is 1. The fourth-order valence-corrected chi connectivity index (χ4v) is 5.88. The van der Waals surface area contributed by atoms with Gasteiger partial charge in [0.25, 0.3) is 0 Å². The summed E-state index contributed by atoms with van der Waals surface area (Å²) in [5, 5.41) is 10.7. The first-order chi connectivity index (χ1) is 7.40. The van der Waals surface area contributed by atoms with Crippen LogP contribution in [0.1, 0.15) is 19.3 Å². The molecule has 1 aliphatic rings. The summed E-state index contributed by atoms with van der Waals surface area (Å²) in [5.41, 5.74) is 0. The summed E-state index contributed by atoms with van der Waals surface area (Å²) in [6.07, 6.45) is 1.07. The van der Waals surface area contributed by atoms with Crippen LogP contribution in [0.5, 0.6) is 0 Å². The highest BCUT2D eigenvalue weighted by molar-refractivity contribution is 9.10. The maximum absolute atomic E-state index is 12.2. The molecule has 0 aromatic carbocycles. The molecule has 4 nitrogen and oxygen atoms in total. The van der Waals surface area contributed by atoms with Crippen LogP contribution in [-0.2, 0) is 14.6 Å². The molecular weight excluding hydrogens is 316 g/mol. The smallest absolute Gasteiger partial charge is 0.325 e. The van der Waals surface area contributed by atoms with Gasteiger partial charge in [-0.05, 0) is 41.3 Å². The second-order valence-corrected chi connectivity index (χ2v) is 8.05. The molecule has 0 spiro atoms. The molecule has 1 aliphatic carbocycles. The predicted molar refractivity (Wildman–Crippen MR) is 63.4 cm³/mol. The van der Waals surface area contributed by atoms with Crippen molar-refractivity contribution in [1.82, 2.24) is 0 Å². The third kappa shape index (κ3) is 1.53. The number of hydrogen-bond acceptors (Lipinski definition) is 4. The molecule has 1 fully saturated rings. The molecule has 0 unspecified atom stereocenters. The minimum absolute atomic E-state index is 0.126. The van der Waals surface area contributed by atoms with Crippen molar-refractivity contribution in [3.05, 3.63) is 15.9 Å². The van der Waals surface area contributed by atoms with E-state index in [9.17, 15) is 13.2 Å². The predicted octanol–water partition coefficient (Wildman–Crippen LogP) is 2.29. The minimum Gasteiger partial charge on any atom is -0.480 e. The average molecular weight is 325 g/mol. The van der Waals surface area contributed by atoms with Crippen LogP contribution < -0.4 is 0 Å². The number of carboxylic acids is 1. The maximum Gasteiger partial charge on any atom is 0.325 e. The molecular formula is C9H9BrO4S2. The number of sulfone groups is 1. The zero-order valence-corrected chi connectivity index (χ0v) is 11.4. The summed E-state index contributed by atoms with van der Waals surface area (Å²) in [6, 6.07) is 1.46. The highest BCUT2D eigenvalue weighted by Crippen LogP contribution is 2.44. The standard InChI is InChI=1S/C9H9BrO4S2/c10-6-4-7(15-5-6)16(13,14)9(8(11)12)2-1-3-9/h4-5H,1-3H2,(H,11,12). The van der Waals surface area contributed by atoms with Gasteiger partial charge in [0.2, 0.25) is 9.84 Å². The Hall–Kier alpha value is -0.400. The first-order valence-electron chi connectivity index (χ1n) is 4.62. The Bertz CT molecular complexity index is 527. The first-order valence-corrected chi connectivity index (χ1v) is 7.78. The third-order valence-corrected chi connectivity index (χ3v) is 7.56. The number of hydrogen-bond donors (Lipinski definition) is 1. The normalized spacial score (nSPS) is 19.1. The molecule has 1 saturated carbocycles. The quantitative estimate of drug-likeness (QED) is 0.925. The summed E-state index contributed by atoms with van der Waals surface area (Å²) in [4.78, 5) is 11.1. The lowest BCUT2D eigenvalue weighted by Crippen LogP contribution is -2.51. The zero-order valence-electron chi connectivity index (χ0n) is 8.14. The van der Waals surface area contributed by atoms with Gasteiger partial charge in [-0.15, -0.1) is 11.3 Å². The minimum atomic E-state index is -3.75. The van der Waals surface area contributed by atoms with E-state index < -0.39 is 20.6 Å². The van der Waals surface area contributed by atoms with Crippen molar-refractivity contribution in [1.29, 1.82) is 0 Å². The lowest BCUT2D eigenvalue weighted by atomic mass is 9.84. The van der Waals surface area contributed by atoms with Gasteiger partial charge in [0.15, 0.2) is 4.75 Å². The molecule has 7 heteroatoms. The van der Waals surface area contributed by atoms with Crippen LogP contribution in [0.4, 0.5) is 0 Å². The van der Waals surface area contributed by atoms with E-state index >= 15 is 0 Å². The summed E-state index contributed by atoms with van der Waals surface area (Å²) in [7, 11) is -3.75. The van der Waals surface area contributed by atoms with E-state index in [1.807, 2.05) is 0 Å². The molecule has 0 radical (unpaired) electrons. The summed E-state index contributed by atoms with van der Waals surface area (Å²) >= 11 is 4.22. The highest BCUT2D eigenvalue weighted by Gasteiger charge is 2.56. The van der Waals surface area contributed by atoms with Crippen molar-refractivity contribution in [2.75, 3.05) is 0 Å². The van der Waals surface area contributed by atoms with Gasteiger partial charge in [0.1, 0.15) is 4.21 Å². The van der Waals surface area contributed by atoms with Gasteiger partial charge < -0.3 is 5.11 Å². The molecule has 0 atom stereocenters. The maximum atomic E-state index is 12.2. The molecule has 0 amide bonds. The van der Waals surface area contributed by atoms with Crippen molar-refractivity contribution in [3.63, 3.8) is 0 Å². The Balaban J connectivity index is 2.50. The number of halogens is 1. The van der Waals surface area contributed by atoms with Crippen molar-refractivity contribution < 1.29 is 18.3 Å². The van der Waals surface area contributed by atoms with E-state index in [-0.39, 0.29) is 17.1 Å². The fourth-order valence-electron chi connectivity index (χ4n) is 1.72. The van der Waals surface area contributed by atoms with E-state index in [0.717, 1.165) is 11.3 Å². The molecule has 0 saturated heterocycles. The van der Waals surface area contributed by atoms with Crippen LogP contribution in [0, 0.1) is 0 Å². The SMILES string of the molecule is O=C(O)C1(S(=O)(=O)c2cc(Br)cs2)CCC1. The van der Waals surface area contributed by atoms with Crippen LogP contribution >= 0.6 is 27.3 Å². The highest BCUT2D eigenvalue weighted by atomic mass is 79.9. The summed E-state index contributed by atoms with van der Waals surface area (Å²) in [5.74, 6) is -1.23. The van der Waals surface area contributed by atoms with Crippen LogP contribution in [0.3, 0.4) is 0 Å². The van der Waals surface area contributed by atoms with Crippen LogP contribution in [0.2, 0.25) is 0 Å². The summed E-state index contributed by atoms with van der Waals surface area (Å²) < 4.78 is 23.6. The Morgan fingerprint density at radius 1 is 1.50 bits per heavy atom. The number of carboxylic acid groups (broad SMARTS) is 1.